The fourth-order valence-corrected chi connectivity index (χ4v) is 1.80. The number of carboxylic acids is 1. The fraction of sp³-hybridized carbons (Fsp3) is 0. The molecular weight excluding hydrogens is 263 g/mol. The van der Waals surface area contributed by atoms with Gasteiger partial charge in [-0.05, 0) is 12.1 Å². The zero-order valence-electron chi connectivity index (χ0n) is 7.57. The number of aromatic carboxylic acids is 1. The van der Waals surface area contributed by atoms with E-state index < -0.39 is 37.3 Å². The summed E-state index contributed by atoms with van der Waals surface area (Å²) in [7, 11) is -4.13. The minimum absolute atomic E-state index is 0.573. The quantitative estimate of drug-likeness (QED) is 0.540. The maximum Gasteiger partial charge on any atom is 0.337 e. The predicted molar refractivity (Wildman–Crippen MR) is 52.9 cm³/mol. The third-order valence-electron chi connectivity index (χ3n) is 1.70. The van der Waals surface area contributed by atoms with Crippen molar-refractivity contribution < 1.29 is 22.7 Å². The number of hydrogen-bond acceptors (Lipinski definition) is 4. The van der Waals surface area contributed by atoms with Crippen molar-refractivity contribution in [2.75, 3.05) is 0 Å². The summed E-state index contributed by atoms with van der Waals surface area (Å²) in [6.45, 7) is 0. The normalized spacial score (nSPS) is 11.4. The maximum atomic E-state index is 13.1. The van der Waals surface area contributed by atoms with Gasteiger partial charge in [-0.15, -0.1) is 0 Å². The molecule has 1 rings (SSSR count). The van der Waals surface area contributed by atoms with Gasteiger partial charge in [-0.3, -0.25) is 5.84 Å². The highest BCUT2D eigenvalue weighted by atomic mass is 35.5. The molecule has 0 aromatic heterocycles. The zero-order chi connectivity index (χ0) is 12.5. The molecule has 4 N–H and O–H groups in total. The number of benzene rings is 1. The second kappa shape index (κ2) is 4.34. The van der Waals surface area contributed by atoms with Gasteiger partial charge in [0.15, 0.2) is 0 Å². The van der Waals surface area contributed by atoms with Crippen LogP contribution in [0.25, 0.3) is 0 Å². The van der Waals surface area contributed by atoms with E-state index in [0.717, 1.165) is 0 Å². The minimum atomic E-state index is -4.13. The summed E-state index contributed by atoms with van der Waals surface area (Å²) in [6, 6.07) is 1.28. The van der Waals surface area contributed by atoms with Crippen LogP contribution in [0.4, 0.5) is 4.39 Å². The molecule has 1 aromatic carbocycles. The lowest BCUT2D eigenvalue weighted by atomic mass is 10.2. The highest BCUT2D eigenvalue weighted by molar-refractivity contribution is 7.89. The Kier molecular flexibility index (Phi) is 3.48. The van der Waals surface area contributed by atoms with Crippen molar-refractivity contribution in [1.29, 1.82) is 0 Å². The second-order valence-electron chi connectivity index (χ2n) is 2.69. The first-order valence-corrected chi connectivity index (χ1v) is 5.60. The van der Waals surface area contributed by atoms with E-state index in [1.807, 2.05) is 0 Å². The SMILES string of the molecule is NNS(=O)(=O)c1cc(F)c(Cl)c(C(=O)O)c1. The van der Waals surface area contributed by atoms with Crippen molar-refractivity contribution in [3.05, 3.63) is 28.5 Å². The molecule has 0 saturated carbocycles. The van der Waals surface area contributed by atoms with E-state index >= 15 is 0 Å². The number of rotatable bonds is 3. The summed E-state index contributed by atoms with van der Waals surface area (Å²) >= 11 is 5.35. The fourth-order valence-electron chi connectivity index (χ4n) is 0.943. The number of carbonyl (C=O) groups is 1. The van der Waals surface area contributed by atoms with Crippen LogP contribution in [0.15, 0.2) is 17.0 Å². The zero-order valence-corrected chi connectivity index (χ0v) is 9.14. The molecule has 9 heteroatoms. The van der Waals surface area contributed by atoms with Crippen LogP contribution in [0.3, 0.4) is 0 Å². The molecule has 0 fully saturated rings. The molecule has 1 aromatic rings. The van der Waals surface area contributed by atoms with Gasteiger partial charge in [-0.2, -0.15) is 4.83 Å². The molecule has 0 amide bonds. The number of sulfonamides is 1. The molecule has 0 radical (unpaired) electrons. The smallest absolute Gasteiger partial charge is 0.337 e. The van der Waals surface area contributed by atoms with Crippen LogP contribution in [-0.2, 0) is 10.0 Å². The van der Waals surface area contributed by atoms with E-state index in [4.69, 9.17) is 22.6 Å². The summed E-state index contributed by atoms with van der Waals surface area (Å²) in [5, 5.41) is 7.99. The first kappa shape index (κ1) is 12.8. The van der Waals surface area contributed by atoms with Gasteiger partial charge in [0, 0.05) is 0 Å². The number of nitrogens with two attached hydrogens (primary N) is 1. The van der Waals surface area contributed by atoms with Crippen LogP contribution >= 0.6 is 11.6 Å². The highest BCUT2D eigenvalue weighted by Crippen LogP contribution is 2.24. The van der Waals surface area contributed by atoms with Crippen LogP contribution < -0.4 is 10.7 Å². The maximum absolute atomic E-state index is 13.1. The second-order valence-corrected chi connectivity index (χ2v) is 4.79. The Morgan fingerprint density at radius 3 is 2.50 bits per heavy atom. The van der Waals surface area contributed by atoms with E-state index in [1.54, 1.807) is 0 Å². The Balaban J connectivity index is 3.53. The Labute approximate surface area is 94.8 Å². The molecule has 0 unspecified atom stereocenters. The van der Waals surface area contributed by atoms with Crippen LogP contribution in [-0.4, -0.2) is 19.5 Å². The lowest BCUT2D eigenvalue weighted by Gasteiger charge is -2.05. The summed E-state index contributed by atoms with van der Waals surface area (Å²) in [6.07, 6.45) is 0. The van der Waals surface area contributed by atoms with Crippen molar-refractivity contribution in [2.24, 2.45) is 5.84 Å². The third-order valence-corrected chi connectivity index (χ3v) is 3.25. The van der Waals surface area contributed by atoms with Gasteiger partial charge in [0.2, 0.25) is 0 Å². The summed E-state index contributed by atoms with van der Waals surface area (Å²) < 4.78 is 35.5. The lowest BCUT2D eigenvalue weighted by molar-refractivity contribution is 0.0696. The molecular formula is C7H6ClFN2O4S. The Morgan fingerprint density at radius 2 is 2.06 bits per heavy atom. The number of halogens is 2. The topological polar surface area (TPSA) is 109 Å². The van der Waals surface area contributed by atoms with Gasteiger partial charge in [0.05, 0.1) is 15.5 Å². The molecule has 0 aliphatic carbocycles. The molecule has 0 spiro atoms. The minimum Gasteiger partial charge on any atom is -0.478 e. The Bertz CT molecular complexity index is 546. The Morgan fingerprint density at radius 1 is 1.50 bits per heavy atom. The molecule has 0 saturated heterocycles. The van der Waals surface area contributed by atoms with Crippen LogP contribution in [0.2, 0.25) is 5.02 Å². The standard InChI is InChI=1S/C7H6ClFN2O4S/c8-6-4(7(12)13)1-3(2-5(6)9)16(14,15)11-10/h1-2,11H,10H2,(H,12,13). The molecule has 0 aliphatic rings. The molecule has 88 valence electrons. The van der Waals surface area contributed by atoms with Crippen molar-refractivity contribution in [1.82, 2.24) is 4.83 Å². The van der Waals surface area contributed by atoms with Gasteiger partial charge < -0.3 is 5.11 Å². The van der Waals surface area contributed by atoms with Gasteiger partial charge in [-0.25, -0.2) is 17.6 Å². The van der Waals surface area contributed by atoms with Gasteiger partial charge in [0.1, 0.15) is 5.82 Å². The molecule has 0 aliphatic heterocycles. The van der Waals surface area contributed by atoms with Crippen molar-refractivity contribution in [2.45, 2.75) is 4.90 Å². The summed E-state index contributed by atoms with van der Waals surface area (Å²) in [4.78, 5) is 11.5. The summed E-state index contributed by atoms with van der Waals surface area (Å²) in [5.41, 5.74) is -0.657. The summed E-state index contributed by atoms with van der Waals surface area (Å²) in [5.74, 6) is 2.01. The van der Waals surface area contributed by atoms with Gasteiger partial charge >= 0.3 is 5.97 Å². The number of nitrogens with one attached hydrogen (secondary N) is 1. The van der Waals surface area contributed by atoms with Gasteiger partial charge in [0.25, 0.3) is 10.0 Å². The highest BCUT2D eigenvalue weighted by Gasteiger charge is 2.20. The third kappa shape index (κ3) is 2.30. The molecule has 16 heavy (non-hydrogen) atoms. The van der Waals surface area contributed by atoms with Crippen LogP contribution in [0.5, 0.6) is 0 Å². The molecule has 0 atom stereocenters. The predicted octanol–water partition coefficient (Wildman–Crippen LogP) is 0.329. The lowest BCUT2D eigenvalue weighted by Crippen LogP contribution is -2.30. The molecule has 0 heterocycles. The van der Waals surface area contributed by atoms with Crippen molar-refractivity contribution in [3.63, 3.8) is 0 Å². The van der Waals surface area contributed by atoms with E-state index in [-0.39, 0.29) is 0 Å². The van der Waals surface area contributed by atoms with Crippen LogP contribution in [0.1, 0.15) is 10.4 Å². The number of hydrazine groups is 1. The first-order chi connectivity index (χ1) is 7.29. The van der Waals surface area contributed by atoms with E-state index in [9.17, 15) is 17.6 Å². The molecule has 6 nitrogen and oxygen atoms in total. The van der Waals surface area contributed by atoms with E-state index in [0.29, 0.717) is 12.1 Å². The number of hydrogen-bond donors (Lipinski definition) is 3. The number of carboxylic acid groups (broad SMARTS) is 1. The first-order valence-electron chi connectivity index (χ1n) is 3.74. The average molecular weight is 269 g/mol. The van der Waals surface area contributed by atoms with E-state index in [1.165, 1.54) is 4.83 Å². The van der Waals surface area contributed by atoms with Crippen molar-refractivity contribution in [3.8, 4) is 0 Å². The average Bonchev–Trinajstić information content (AvgIpc) is 2.21. The van der Waals surface area contributed by atoms with Crippen LogP contribution in [0, 0.1) is 5.82 Å². The van der Waals surface area contributed by atoms with E-state index in [2.05, 4.69) is 0 Å². The Hall–Kier alpha value is -1.22. The monoisotopic (exact) mass is 268 g/mol. The molecule has 0 bridgehead atoms. The largest absolute Gasteiger partial charge is 0.478 e. The van der Waals surface area contributed by atoms with Crippen molar-refractivity contribution >= 4 is 27.6 Å². The van der Waals surface area contributed by atoms with Gasteiger partial charge in [-0.1, -0.05) is 11.6 Å².